The molecule has 1 aromatic rings. The van der Waals surface area contributed by atoms with Gasteiger partial charge in [0.15, 0.2) is 0 Å². The van der Waals surface area contributed by atoms with Crippen molar-refractivity contribution in [3.8, 4) is 0 Å². The smallest absolute Gasteiger partial charge is 0.347 e. The van der Waals surface area contributed by atoms with Crippen LogP contribution in [0, 0.1) is 5.92 Å². The molecule has 0 radical (unpaired) electrons. The van der Waals surface area contributed by atoms with Gasteiger partial charge in [-0.2, -0.15) is 0 Å². The molecule has 2 unspecified atom stereocenters. The maximum absolute atomic E-state index is 11.9. The van der Waals surface area contributed by atoms with Crippen molar-refractivity contribution in [2.24, 2.45) is 5.92 Å². The van der Waals surface area contributed by atoms with Crippen LogP contribution in [0.5, 0.6) is 0 Å². The number of nitrogens with zero attached hydrogens (tertiary/aromatic N) is 2. The molecule has 2 atom stereocenters. The molecule has 2 rings (SSSR count). The Labute approximate surface area is 115 Å². The van der Waals surface area contributed by atoms with Gasteiger partial charge in [0, 0.05) is 18.4 Å². The number of carboxylic acid groups (broad SMARTS) is 1. The topological polar surface area (TPSA) is 101 Å². The number of carbonyl (C=O) groups is 2. The summed E-state index contributed by atoms with van der Waals surface area (Å²) >= 11 is 0. The fraction of sp³-hybridized carbons (Fsp3) is 0.538. The summed E-state index contributed by atoms with van der Waals surface area (Å²) < 4.78 is 1.22. The summed E-state index contributed by atoms with van der Waals surface area (Å²) in [4.78, 5) is 37.8. The fourth-order valence-corrected chi connectivity index (χ4v) is 2.48. The predicted molar refractivity (Wildman–Crippen MR) is 70.0 cm³/mol. The van der Waals surface area contributed by atoms with Crippen molar-refractivity contribution >= 4 is 11.9 Å². The third-order valence-electron chi connectivity index (χ3n) is 3.49. The van der Waals surface area contributed by atoms with Crippen LogP contribution in [0.3, 0.4) is 0 Å². The highest BCUT2D eigenvalue weighted by molar-refractivity contribution is 5.76. The summed E-state index contributed by atoms with van der Waals surface area (Å²) in [5.74, 6) is -1.50. The molecular weight excluding hydrogens is 262 g/mol. The first-order valence-electron chi connectivity index (χ1n) is 6.60. The molecule has 0 spiro atoms. The minimum atomic E-state index is -0.813. The quantitative estimate of drug-likeness (QED) is 0.808. The number of aromatic nitrogens is 2. The fourth-order valence-electron chi connectivity index (χ4n) is 2.48. The van der Waals surface area contributed by atoms with Gasteiger partial charge in [-0.05, 0) is 25.3 Å². The normalized spacial score (nSPS) is 22.2. The van der Waals surface area contributed by atoms with E-state index >= 15 is 0 Å². The lowest BCUT2D eigenvalue weighted by Gasteiger charge is -2.27. The number of aliphatic carboxylic acids is 1. The van der Waals surface area contributed by atoms with E-state index in [1.807, 2.05) is 0 Å². The summed E-state index contributed by atoms with van der Waals surface area (Å²) in [5, 5.41) is 11.8. The Morgan fingerprint density at radius 3 is 2.95 bits per heavy atom. The minimum Gasteiger partial charge on any atom is -0.481 e. The van der Waals surface area contributed by atoms with Crippen LogP contribution >= 0.6 is 0 Å². The number of carbonyl (C=O) groups excluding carboxylic acids is 1. The summed E-state index contributed by atoms with van der Waals surface area (Å²) in [7, 11) is 0. The van der Waals surface area contributed by atoms with Crippen LogP contribution in [-0.4, -0.2) is 32.6 Å². The lowest BCUT2D eigenvalue weighted by Crippen LogP contribution is -2.42. The first kappa shape index (κ1) is 14.2. The Kier molecular flexibility index (Phi) is 4.49. The van der Waals surface area contributed by atoms with E-state index in [9.17, 15) is 14.4 Å². The Morgan fingerprint density at radius 2 is 2.25 bits per heavy atom. The van der Waals surface area contributed by atoms with Gasteiger partial charge in [-0.15, -0.1) is 0 Å². The van der Waals surface area contributed by atoms with Crippen molar-refractivity contribution < 1.29 is 14.7 Å². The number of hydrogen-bond donors (Lipinski definition) is 2. The second-order valence-electron chi connectivity index (χ2n) is 5.00. The van der Waals surface area contributed by atoms with Crippen LogP contribution < -0.4 is 11.0 Å². The van der Waals surface area contributed by atoms with E-state index in [2.05, 4.69) is 10.3 Å². The summed E-state index contributed by atoms with van der Waals surface area (Å²) in [6, 6.07) is 1.44. The van der Waals surface area contributed by atoms with Crippen molar-refractivity contribution in [1.82, 2.24) is 14.9 Å². The van der Waals surface area contributed by atoms with Crippen LogP contribution in [0.15, 0.2) is 23.3 Å². The third-order valence-corrected chi connectivity index (χ3v) is 3.49. The molecule has 1 saturated carbocycles. The average Bonchev–Trinajstić information content (AvgIpc) is 2.41. The van der Waals surface area contributed by atoms with E-state index < -0.39 is 17.6 Å². The maximum Gasteiger partial charge on any atom is 0.347 e. The zero-order valence-corrected chi connectivity index (χ0v) is 11.0. The number of nitrogens with one attached hydrogen (secondary N) is 1. The Bertz CT molecular complexity index is 555. The van der Waals surface area contributed by atoms with Gasteiger partial charge in [-0.1, -0.05) is 6.42 Å². The lowest BCUT2D eigenvalue weighted by atomic mass is 9.86. The van der Waals surface area contributed by atoms with Crippen LogP contribution in [0.1, 0.15) is 25.7 Å². The van der Waals surface area contributed by atoms with E-state index in [-0.39, 0.29) is 18.5 Å². The number of rotatable bonds is 4. The van der Waals surface area contributed by atoms with Crippen molar-refractivity contribution in [1.29, 1.82) is 0 Å². The van der Waals surface area contributed by atoms with E-state index in [4.69, 9.17) is 5.11 Å². The van der Waals surface area contributed by atoms with Gasteiger partial charge < -0.3 is 10.4 Å². The lowest BCUT2D eigenvalue weighted by molar-refractivity contribution is -0.143. The maximum atomic E-state index is 11.9. The highest BCUT2D eigenvalue weighted by Crippen LogP contribution is 2.24. The molecule has 20 heavy (non-hydrogen) atoms. The molecule has 1 fully saturated rings. The molecule has 1 aliphatic carbocycles. The first-order chi connectivity index (χ1) is 9.56. The van der Waals surface area contributed by atoms with Crippen molar-refractivity contribution in [2.75, 3.05) is 0 Å². The number of hydrogen-bond acceptors (Lipinski definition) is 4. The Morgan fingerprint density at radius 1 is 1.45 bits per heavy atom. The largest absolute Gasteiger partial charge is 0.481 e. The molecule has 0 aliphatic heterocycles. The molecule has 7 nitrogen and oxygen atoms in total. The van der Waals surface area contributed by atoms with E-state index in [0.717, 1.165) is 12.8 Å². The Balaban J connectivity index is 1.90. The van der Waals surface area contributed by atoms with Crippen LogP contribution in [-0.2, 0) is 16.1 Å². The monoisotopic (exact) mass is 279 g/mol. The van der Waals surface area contributed by atoms with Crippen molar-refractivity contribution in [3.63, 3.8) is 0 Å². The molecule has 2 N–H and O–H groups in total. The first-order valence-corrected chi connectivity index (χ1v) is 6.60. The highest BCUT2D eigenvalue weighted by Gasteiger charge is 2.27. The molecular formula is C13H17N3O4. The van der Waals surface area contributed by atoms with Gasteiger partial charge in [-0.3, -0.25) is 14.2 Å². The number of carboxylic acids is 1. The molecule has 0 aromatic carbocycles. The number of amides is 1. The minimum absolute atomic E-state index is 0.0963. The molecule has 0 bridgehead atoms. The SMILES string of the molecule is O=C(Cn1cccnc1=O)NC1CCCC(C(=O)O)C1. The standard InChI is InChI=1S/C13H17N3O4/c17-11(8-16-6-2-5-14-13(16)20)15-10-4-1-3-9(7-10)12(18)19/h2,5-6,9-10H,1,3-4,7-8H2,(H,15,17)(H,18,19). The van der Waals surface area contributed by atoms with Crippen molar-refractivity contribution in [3.05, 3.63) is 28.9 Å². The van der Waals surface area contributed by atoms with E-state index in [0.29, 0.717) is 12.8 Å². The summed E-state index contributed by atoms with van der Waals surface area (Å²) in [5.41, 5.74) is -0.477. The van der Waals surface area contributed by atoms with Crippen LogP contribution in [0.4, 0.5) is 0 Å². The molecule has 1 aliphatic rings. The van der Waals surface area contributed by atoms with E-state index in [1.54, 1.807) is 6.07 Å². The third kappa shape index (κ3) is 3.66. The molecule has 1 aromatic heterocycles. The molecule has 1 amide bonds. The van der Waals surface area contributed by atoms with Gasteiger partial charge in [0.2, 0.25) is 5.91 Å². The van der Waals surface area contributed by atoms with Gasteiger partial charge >= 0.3 is 11.7 Å². The van der Waals surface area contributed by atoms with Gasteiger partial charge in [0.05, 0.1) is 5.92 Å². The predicted octanol–water partition coefficient (Wildman–Crippen LogP) is 0.00290. The Hall–Kier alpha value is -2.18. The van der Waals surface area contributed by atoms with Gasteiger partial charge in [0.25, 0.3) is 0 Å². The zero-order valence-electron chi connectivity index (χ0n) is 11.0. The molecule has 7 heteroatoms. The van der Waals surface area contributed by atoms with Crippen LogP contribution in [0.25, 0.3) is 0 Å². The highest BCUT2D eigenvalue weighted by atomic mass is 16.4. The summed E-state index contributed by atoms with van der Waals surface area (Å²) in [6.45, 7) is -0.0963. The van der Waals surface area contributed by atoms with Crippen molar-refractivity contribution in [2.45, 2.75) is 38.3 Å². The average molecular weight is 279 g/mol. The van der Waals surface area contributed by atoms with E-state index in [1.165, 1.54) is 17.0 Å². The second-order valence-corrected chi connectivity index (χ2v) is 5.00. The summed E-state index contributed by atoms with van der Waals surface area (Å²) in [6.07, 6.45) is 5.53. The molecule has 108 valence electrons. The van der Waals surface area contributed by atoms with Crippen LogP contribution in [0.2, 0.25) is 0 Å². The van der Waals surface area contributed by atoms with Gasteiger partial charge in [-0.25, -0.2) is 9.78 Å². The second kappa shape index (κ2) is 6.31. The molecule has 1 heterocycles. The zero-order chi connectivity index (χ0) is 14.5. The van der Waals surface area contributed by atoms with Gasteiger partial charge in [0.1, 0.15) is 6.54 Å². The molecule has 0 saturated heterocycles.